The first-order valence-electron chi connectivity index (χ1n) is 8.25. The van der Waals surface area contributed by atoms with Crippen LogP contribution in [0.15, 0.2) is 60.7 Å². The van der Waals surface area contributed by atoms with E-state index in [4.69, 9.17) is 4.74 Å². The average molecular weight is 309 g/mol. The highest BCUT2D eigenvalue weighted by Gasteiger charge is 2.34. The monoisotopic (exact) mass is 309 g/mol. The molecule has 1 aliphatic rings. The number of amides is 1. The molecular weight excluding hydrogens is 286 g/mol. The van der Waals surface area contributed by atoms with Crippen LogP contribution in [0.5, 0.6) is 0 Å². The molecule has 2 atom stereocenters. The molecule has 2 aromatic carbocycles. The lowest BCUT2D eigenvalue weighted by atomic mass is 10.0. The van der Waals surface area contributed by atoms with Crippen molar-refractivity contribution in [1.82, 2.24) is 5.32 Å². The number of carbonyl (C=O) groups excluding carboxylic acids is 1. The van der Waals surface area contributed by atoms with E-state index in [-0.39, 0.29) is 11.9 Å². The summed E-state index contributed by atoms with van der Waals surface area (Å²) in [6, 6.07) is 20.2. The quantitative estimate of drug-likeness (QED) is 0.843. The van der Waals surface area contributed by atoms with E-state index in [1.807, 2.05) is 55.5 Å². The van der Waals surface area contributed by atoms with E-state index in [1.54, 1.807) is 0 Å². The third-order valence-electron chi connectivity index (χ3n) is 4.26. The van der Waals surface area contributed by atoms with Crippen molar-refractivity contribution in [1.29, 1.82) is 0 Å². The van der Waals surface area contributed by atoms with Crippen molar-refractivity contribution in [2.45, 2.75) is 38.5 Å². The summed E-state index contributed by atoms with van der Waals surface area (Å²) in [6.45, 7) is 2.27. The number of rotatable bonds is 7. The Morgan fingerprint density at radius 1 is 1.09 bits per heavy atom. The first-order valence-corrected chi connectivity index (χ1v) is 8.25. The molecule has 1 fully saturated rings. The van der Waals surface area contributed by atoms with Crippen LogP contribution in [-0.4, -0.2) is 12.0 Å². The smallest absolute Gasteiger partial charge is 0.249 e. The Balaban J connectivity index is 1.56. The van der Waals surface area contributed by atoms with Crippen LogP contribution in [0.2, 0.25) is 0 Å². The third kappa shape index (κ3) is 4.42. The molecule has 1 aliphatic carbocycles. The fourth-order valence-electron chi connectivity index (χ4n) is 2.71. The number of ether oxygens (including phenoxy) is 1. The van der Waals surface area contributed by atoms with Gasteiger partial charge in [0.1, 0.15) is 6.10 Å². The number of benzene rings is 2. The number of hydrogen-bond acceptors (Lipinski definition) is 2. The SMILES string of the molecule is C[C@@H](OCc1ccccc1)C(=O)N[C@H](c1ccccc1)C1CC1. The minimum atomic E-state index is -0.458. The summed E-state index contributed by atoms with van der Waals surface area (Å²) < 4.78 is 5.71. The van der Waals surface area contributed by atoms with Crippen molar-refractivity contribution < 1.29 is 9.53 Å². The van der Waals surface area contributed by atoms with Gasteiger partial charge in [-0.2, -0.15) is 0 Å². The summed E-state index contributed by atoms with van der Waals surface area (Å²) in [5.41, 5.74) is 2.26. The molecule has 0 spiro atoms. The van der Waals surface area contributed by atoms with Gasteiger partial charge < -0.3 is 10.1 Å². The molecule has 23 heavy (non-hydrogen) atoms. The van der Waals surface area contributed by atoms with E-state index in [0.717, 1.165) is 5.56 Å². The molecule has 0 aliphatic heterocycles. The zero-order valence-corrected chi connectivity index (χ0v) is 13.4. The molecular formula is C20H23NO2. The van der Waals surface area contributed by atoms with Gasteiger partial charge in [0, 0.05) is 0 Å². The van der Waals surface area contributed by atoms with E-state index < -0.39 is 6.10 Å². The fraction of sp³-hybridized carbons (Fsp3) is 0.350. The van der Waals surface area contributed by atoms with Crippen LogP contribution in [0.1, 0.15) is 36.9 Å². The average Bonchev–Trinajstić information content (AvgIpc) is 3.44. The molecule has 0 aromatic heterocycles. The van der Waals surface area contributed by atoms with Crippen LogP contribution in [-0.2, 0) is 16.1 Å². The number of carbonyl (C=O) groups is 1. The molecule has 0 heterocycles. The molecule has 0 bridgehead atoms. The summed E-state index contributed by atoms with van der Waals surface area (Å²) >= 11 is 0. The fourth-order valence-corrected chi connectivity index (χ4v) is 2.71. The molecule has 3 heteroatoms. The Kier molecular flexibility index (Phi) is 5.09. The van der Waals surface area contributed by atoms with Crippen molar-refractivity contribution in [2.24, 2.45) is 5.92 Å². The minimum absolute atomic E-state index is 0.0401. The Bertz CT molecular complexity index is 623. The van der Waals surface area contributed by atoms with Crippen molar-refractivity contribution in [3.8, 4) is 0 Å². The Labute approximate surface area is 137 Å². The molecule has 3 rings (SSSR count). The van der Waals surface area contributed by atoms with Gasteiger partial charge in [0.25, 0.3) is 0 Å². The van der Waals surface area contributed by atoms with E-state index in [2.05, 4.69) is 17.4 Å². The van der Waals surface area contributed by atoms with Crippen molar-refractivity contribution in [3.63, 3.8) is 0 Å². The van der Waals surface area contributed by atoms with Gasteiger partial charge in [0.15, 0.2) is 0 Å². The standard InChI is InChI=1S/C20H23NO2/c1-15(23-14-16-8-4-2-5-9-16)20(22)21-19(18-12-13-18)17-10-6-3-7-11-17/h2-11,15,18-19H,12-14H2,1H3,(H,21,22)/t15-,19-/m1/s1. The maximum Gasteiger partial charge on any atom is 0.249 e. The predicted octanol–water partition coefficient (Wildman–Crippen LogP) is 3.86. The number of hydrogen-bond donors (Lipinski definition) is 1. The van der Waals surface area contributed by atoms with Crippen molar-refractivity contribution >= 4 is 5.91 Å². The highest BCUT2D eigenvalue weighted by molar-refractivity contribution is 5.80. The largest absolute Gasteiger partial charge is 0.364 e. The van der Waals surface area contributed by atoms with Crippen LogP contribution in [0, 0.1) is 5.92 Å². The molecule has 0 saturated heterocycles. The summed E-state index contributed by atoms with van der Waals surface area (Å²) in [5, 5.41) is 3.17. The van der Waals surface area contributed by atoms with E-state index in [1.165, 1.54) is 18.4 Å². The van der Waals surface area contributed by atoms with Gasteiger partial charge in [0.05, 0.1) is 12.6 Å². The maximum absolute atomic E-state index is 12.4. The van der Waals surface area contributed by atoms with Gasteiger partial charge in [-0.3, -0.25) is 4.79 Å². The highest BCUT2D eigenvalue weighted by atomic mass is 16.5. The molecule has 1 saturated carbocycles. The molecule has 2 aromatic rings. The zero-order valence-electron chi connectivity index (χ0n) is 13.4. The summed E-state index contributed by atoms with van der Waals surface area (Å²) in [4.78, 5) is 12.4. The van der Waals surface area contributed by atoms with E-state index in [9.17, 15) is 4.79 Å². The number of nitrogens with one attached hydrogen (secondary N) is 1. The maximum atomic E-state index is 12.4. The predicted molar refractivity (Wildman–Crippen MR) is 90.7 cm³/mol. The van der Waals surface area contributed by atoms with Gasteiger partial charge in [-0.25, -0.2) is 0 Å². The van der Waals surface area contributed by atoms with Crippen molar-refractivity contribution in [3.05, 3.63) is 71.8 Å². The van der Waals surface area contributed by atoms with Gasteiger partial charge in [0.2, 0.25) is 5.91 Å². The van der Waals surface area contributed by atoms with Gasteiger partial charge in [-0.05, 0) is 36.8 Å². The normalized spacial score (nSPS) is 16.6. The minimum Gasteiger partial charge on any atom is -0.364 e. The van der Waals surface area contributed by atoms with Crippen molar-refractivity contribution in [2.75, 3.05) is 0 Å². The summed E-state index contributed by atoms with van der Waals surface area (Å²) in [7, 11) is 0. The Morgan fingerprint density at radius 3 is 2.30 bits per heavy atom. The first kappa shape index (κ1) is 15.8. The van der Waals surface area contributed by atoms with Gasteiger partial charge in [-0.1, -0.05) is 60.7 Å². The van der Waals surface area contributed by atoms with Gasteiger partial charge in [-0.15, -0.1) is 0 Å². The Morgan fingerprint density at radius 2 is 1.70 bits per heavy atom. The second kappa shape index (κ2) is 7.42. The lowest BCUT2D eigenvalue weighted by Gasteiger charge is -2.21. The molecule has 1 amide bonds. The lowest BCUT2D eigenvalue weighted by molar-refractivity contribution is -0.133. The third-order valence-corrected chi connectivity index (χ3v) is 4.26. The van der Waals surface area contributed by atoms with E-state index >= 15 is 0 Å². The molecule has 3 nitrogen and oxygen atoms in total. The molecule has 0 radical (unpaired) electrons. The van der Waals surface area contributed by atoms with Crippen LogP contribution in [0.4, 0.5) is 0 Å². The molecule has 0 unspecified atom stereocenters. The Hall–Kier alpha value is -2.13. The lowest BCUT2D eigenvalue weighted by Crippen LogP contribution is -2.37. The highest BCUT2D eigenvalue weighted by Crippen LogP contribution is 2.40. The van der Waals surface area contributed by atoms with Crippen LogP contribution in [0.3, 0.4) is 0 Å². The molecule has 120 valence electrons. The topological polar surface area (TPSA) is 38.3 Å². The van der Waals surface area contributed by atoms with Gasteiger partial charge >= 0.3 is 0 Å². The first-order chi connectivity index (χ1) is 11.2. The van der Waals surface area contributed by atoms with Crippen LogP contribution >= 0.6 is 0 Å². The zero-order chi connectivity index (χ0) is 16.1. The van der Waals surface area contributed by atoms with E-state index in [0.29, 0.717) is 12.5 Å². The second-order valence-corrected chi connectivity index (χ2v) is 6.17. The second-order valence-electron chi connectivity index (χ2n) is 6.17. The summed E-state index contributed by atoms with van der Waals surface area (Å²) in [6.07, 6.45) is 1.90. The summed E-state index contributed by atoms with van der Waals surface area (Å²) in [5.74, 6) is 0.518. The molecule has 1 N–H and O–H groups in total. The van der Waals surface area contributed by atoms with Crippen LogP contribution in [0.25, 0.3) is 0 Å². The van der Waals surface area contributed by atoms with Crippen LogP contribution < -0.4 is 5.32 Å².